The van der Waals surface area contributed by atoms with Crippen molar-refractivity contribution in [1.82, 2.24) is 15.1 Å². The molecule has 2 aromatic carbocycles. The fraction of sp³-hybridized carbons (Fsp3) is 0.385. The van der Waals surface area contributed by atoms with Gasteiger partial charge in [-0.2, -0.15) is 0 Å². The number of nitrogens with zero attached hydrogens (tertiary/aromatic N) is 4. The number of imide groups is 2. The van der Waals surface area contributed by atoms with Crippen LogP contribution in [0, 0.1) is 0 Å². The highest BCUT2D eigenvalue weighted by atomic mass is 16.2. The number of carbonyl (C=O) groups excluding carboxylic acids is 4. The van der Waals surface area contributed by atoms with Crippen molar-refractivity contribution < 1.29 is 19.2 Å². The van der Waals surface area contributed by atoms with Crippen LogP contribution in [0.4, 0.5) is 17.1 Å². The topological polar surface area (TPSA) is 119 Å². The van der Waals surface area contributed by atoms with Gasteiger partial charge in [0.25, 0.3) is 11.8 Å². The maximum Gasteiger partial charge on any atom is 0.262 e. The number of anilines is 3. The van der Waals surface area contributed by atoms with Gasteiger partial charge >= 0.3 is 0 Å². The molecular formula is C26H28N6O4. The van der Waals surface area contributed by atoms with Crippen LogP contribution < -0.4 is 20.9 Å². The van der Waals surface area contributed by atoms with Gasteiger partial charge in [0.05, 0.1) is 11.1 Å². The standard InChI is InChI=1S/C26H28N6O4/c27-16-1-3-17(4-2-16)31-14-19(15-31)30-11-9-29(10-12-30)18-5-6-20-21(13-18)26(36)32(25(20)35)22-7-8-23(33)28-24(22)34/h1-6,13,19,22H,7-12,14-15,27H2,(H,28,33,34). The highest BCUT2D eigenvalue weighted by molar-refractivity contribution is 6.23. The zero-order valence-electron chi connectivity index (χ0n) is 19.9. The number of piperidine rings is 1. The summed E-state index contributed by atoms with van der Waals surface area (Å²) in [7, 11) is 0. The molecule has 0 aromatic heterocycles. The molecule has 10 nitrogen and oxygen atoms in total. The molecule has 0 radical (unpaired) electrons. The summed E-state index contributed by atoms with van der Waals surface area (Å²) >= 11 is 0. The molecule has 3 saturated heterocycles. The lowest BCUT2D eigenvalue weighted by atomic mass is 10.0. The van der Waals surface area contributed by atoms with Gasteiger partial charge in [-0.3, -0.25) is 34.3 Å². The summed E-state index contributed by atoms with van der Waals surface area (Å²) in [5, 5.41) is 2.23. The number of fused-ring (bicyclic) bond motifs is 1. The maximum absolute atomic E-state index is 13.1. The van der Waals surface area contributed by atoms with Crippen molar-refractivity contribution in [3.8, 4) is 0 Å². The Hall–Kier alpha value is -3.92. The van der Waals surface area contributed by atoms with E-state index >= 15 is 0 Å². The summed E-state index contributed by atoms with van der Waals surface area (Å²) in [5.41, 5.74) is 9.29. The third-order valence-corrected chi connectivity index (χ3v) is 7.74. The second-order valence-corrected chi connectivity index (χ2v) is 9.85. The number of carbonyl (C=O) groups is 4. The molecule has 1 atom stereocenters. The van der Waals surface area contributed by atoms with E-state index in [0.29, 0.717) is 17.2 Å². The van der Waals surface area contributed by atoms with Crippen LogP contribution in [-0.2, 0) is 9.59 Å². The van der Waals surface area contributed by atoms with E-state index in [-0.39, 0.29) is 18.7 Å². The smallest absolute Gasteiger partial charge is 0.262 e. The van der Waals surface area contributed by atoms with Crippen LogP contribution in [0.5, 0.6) is 0 Å². The molecule has 4 amide bonds. The van der Waals surface area contributed by atoms with Crippen LogP contribution in [0.15, 0.2) is 42.5 Å². The number of piperazine rings is 1. The zero-order chi connectivity index (χ0) is 25.0. The van der Waals surface area contributed by atoms with E-state index in [2.05, 4.69) is 32.1 Å². The Bertz CT molecular complexity index is 1250. The Balaban J connectivity index is 1.08. The molecule has 4 aliphatic rings. The number of nitrogens with one attached hydrogen (secondary N) is 1. The minimum atomic E-state index is -0.947. The van der Waals surface area contributed by atoms with Crippen LogP contribution in [0.2, 0.25) is 0 Å². The molecule has 36 heavy (non-hydrogen) atoms. The van der Waals surface area contributed by atoms with Crippen LogP contribution in [0.1, 0.15) is 33.6 Å². The lowest BCUT2D eigenvalue weighted by molar-refractivity contribution is -0.136. The van der Waals surface area contributed by atoms with Gasteiger partial charge in [-0.05, 0) is 48.9 Å². The molecule has 0 spiro atoms. The van der Waals surface area contributed by atoms with Crippen molar-refractivity contribution in [2.45, 2.75) is 24.9 Å². The SMILES string of the molecule is Nc1ccc(N2CC(N3CCN(c4ccc5c(c4)C(=O)N(C4CCC(=O)NC4=O)C5=O)CC3)C2)cc1. The number of nitrogen functional groups attached to an aromatic ring is 1. The maximum atomic E-state index is 13.1. The van der Waals surface area contributed by atoms with Gasteiger partial charge in [-0.1, -0.05) is 0 Å². The van der Waals surface area contributed by atoms with Crippen LogP contribution in [0.3, 0.4) is 0 Å². The first-order chi connectivity index (χ1) is 17.4. The summed E-state index contributed by atoms with van der Waals surface area (Å²) in [6.07, 6.45) is 0.264. The predicted octanol–water partition coefficient (Wildman–Crippen LogP) is 0.681. The number of amides is 4. The molecule has 1 unspecified atom stereocenters. The lowest BCUT2D eigenvalue weighted by Gasteiger charge is -2.49. The Kier molecular flexibility index (Phi) is 5.40. The van der Waals surface area contributed by atoms with Crippen molar-refractivity contribution in [1.29, 1.82) is 0 Å². The number of hydrogen-bond acceptors (Lipinski definition) is 8. The van der Waals surface area contributed by atoms with E-state index in [4.69, 9.17) is 5.73 Å². The number of benzene rings is 2. The van der Waals surface area contributed by atoms with Crippen molar-refractivity contribution in [3.05, 3.63) is 53.6 Å². The number of nitrogens with two attached hydrogens (primary N) is 1. The van der Waals surface area contributed by atoms with Gasteiger partial charge in [-0.25, -0.2) is 0 Å². The van der Waals surface area contributed by atoms with Gasteiger partial charge in [-0.15, -0.1) is 0 Å². The molecule has 2 aromatic rings. The quantitative estimate of drug-likeness (QED) is 0.477. The Morgan fingerprint density at radius 3 is 2.14 bits per heavy atom. The molecule has 3 fully saturated rings. The first kappa shape index (κ1) is 22.5. The molecule has 6 rings (SSSR count). The predicted molar refractivity (Wildman–Crippen MR) is 134 cm³/mol. The normalized spacial score (nSPS) is 23.1. The second-order valence-electron chi connectivity index (χ2n) is 9.85. The summed E-state index contributed by atoms with van der Waals surface area (Å²) in [6.45, 7) is 5.50. The monoisotopic (exact) mass is 488 g/mol. The molecule has 3 N–H and O–H groups in total. The third-order valence-electron chi connectivity index (χ3n) is 7.74. The molecule has 0 saturated carbocycles. The van der Waals surface area contributed by atoms with Crippen LogP contribution in [-0.4, -0.2) is 84.8 Å². The van der Waals surface area contributed by atoms with Gasteiger partial charge in [0, 0.05) is 68.8 Å². The molecule has 186 valence electrons. The van der Waals surface area contributed by atoms with E-state index in [1.54, 1.807) is 12.1 Å². The average Bonchev–Trinajstić information content (AvgIpc) is 3.09. The Morgan fingerprint density at radius 1 is 0.778 bits per heavy atom. The minimum Gasteiger partial charge on any atom is -0.399 e. The molecule has 4 aliphatic heterocycles. The van der Waals surface area contributed by atoms with E-state index in [0.717, 1.165) is 55.5 Å². The van der Waals surface area contributed by atoms with Gasteiger partial charge in [0.1, 0.15) is 6.04 Å². The molecule has 10 heteroatoms. The minimum absolute atomic E-state index is 0.109. The summed E-state index contributed by atoms with van der Waals surface area (Å²) in [4.78, 5) is 57.9. The van der Waals surface area contributed by atoms with Crippen molar-refractivity contribution >= 4 is 40.7 Å². The van der Waals surface area contributed by atoms with Crippen LogP contribution >= 0.6 is 0 Å². The summed E-state index contributed by atoms with van der Waals surface area (Å²) in [5.74, 6) is -1.92. The molecule has 0 aliphatic carbocycles. The van der Waals surface area contributed by atoms with Gasteiger partial charge < -0.3 is 15.5 Å². The Morgan fingerprint density at radius 2 is 1.44 bits per heavy atom. The van der Waals surface area contributed by atoms with Crippen molar-refractivity contribution in [2.75, 3.05) is 54.8 Å². The highest BCUT2D eigenvalue weighted by Gasteiger charge is 2.45. The molecule has 0 bridgehead atoms. The molecule has 4 heterocycles. The average molecular weight is 489 g/mol. The van der Waals surface area contributed by atoms with Crippen molar-refractivity contribution in [2.24, 2.45) is 0 Å². The van der Waals surface area contributed by atoms with E-state index < -0.39 is 23.8 Å². The zero-order valence-corrected chi connectivity index (χ0v) is 19.9. The first-order valence-electron chi connectivity index (χ1n) is 12.3. The third kappa shape index (κ3) is 3.78. The van der Waals surface area contributed by atoms with Crippen molar-refractivity contribution in [3.63, 3.8) is 0 Å². The fourth-order valence-corrected chi connectivity index (χ4v) is 5.58. The van der Waals surface area contributed by atoms with Crippen LogP contribution in [0.25, 0.3) is 0 Å². The lowest BCUT2D eigenvalue weighted by Crippen LogP contribution is -2.63. The van der Waals surface area contributed by atoms with E-state index in [9.17, 15) is 19.2 Å². The summed E-state index contributed by atoms with van der Waals surface area (Å²) in [6, 6.07) is 12.9. The largest absolute Gasteiger partial charge is 0.399 e. The summed E-state index contributed by atoms with van der Waals surface area (Å²) < 4.78 is 0. The molecular weight excluding hydrogens is 460 g/mol. The fourth-order valence-electron chi connectivity index (χ4n) is 5.58. The number of hydrogen-bond donors (Lipinski definition) is 2. The van der Waals surface area contributed by atoms with Gasteiger partial charge in [0.15, 0.2) is 0 Å². The Labute approximate surface area is 208 Å². The van der Waals surface area contributed by atoms with Gasteiger partial charge in [0.2, 0.25) is 11.8 Å². The number of rotatable bonds is 4. The highest BCUT2D eigenvalue weighted by Crippen LogP contribution is 2.32. The second kappa shape index (κ2) is 8.63. The first-order valence-corrected chi connectivity index (χ1v) is 12.3. The van der Waals surface area contributed by atoms with E-state index in [1.165, 1.54) is 5.69 Å². The van der Waals surface area contributed by atoms with E-state index in [1.807, 2.05) is 18.2 Å².